The number of nitrogens with zero attached hydrogens (tertiary/aromatic N) is 1. The van der Waals surface area contributed by atoms with E-state index in [0.717, 1.165) is 12.8 Å². The third-order valence-electron chi connectivity index (χ3n) is 6.03. The van der Waals surface area contributed by atoms with Gasteiger partial charge in [0.25, 0.3) is 0 Å². The van der Waals surface area contributed by atoms with E-state index in [9.17, 15) is 14.4 Å². The van der Waals surface area contributed by atoms with Gasteiger partial charge in [0.15, 0.2) is 0 Å². The van der Waals surface area contributed by atoms with Crippen molar-refractivity contribution in [3.8, 4) is 0 Å². The second kappa shape index (κ2) is 17.1. The molecular weight excluding hydrogens is 454 g/mol. The van der Waals surface area contributed by atoms with Crippen molar-refractivity contribution in [3.05, 3.63) is 0 Å². The maximum absolute atomic E-state index is 12.7. The van der Waals surface area contributed by atoms with Crippen LogP contribution in [0.3, 0.4) is 0 Å². The molecule has 0 saturated heterocycles. The summed E-state index contributed by atoms with van der Waals surface area (Å²) in [5, 5.41) is 0. The van der Waals surface area contributed by atoms with E-state index in [1.165, 1.54) is 0 Å². The van der Waals surface area contributed by atoms with Crippen molar-refractivity contribution < 1.29 is 38.1 Å². The Kier molecular flexibility index (Phi) is 15.5. The number of carbonyl (C=O) groups excluding carboxylic acids is 3. The predicted molar refractivity (Wildman–Crippen MR) is 132 cm³/mol. The molecule has 0 radical (unpaired) electrons. The summed E-state index contributed by atoms with van der Waals surface area (Å²) < 4.78 is 28.1. The Hall–Kier alpha value is -1.39. The Morgan fingerprint density at radius 3 is 1.74 bits per heavy atom. The molecule has 0 heterocycles. The maximum atomic E-state index is 12.7. The number of rotatable bonds is 20. The molecule has 0 N–H and O–H groups in total. The largest absolute Gasteiger partial charge is 0.379 e. The summed E-state index contributed by atoms with van der Waals surface area (Å²) in [6.45, 7) is 12.6. The standard InChI is InChI=1S/C26H47NO8/c1-18(2)24(28)8-10-31-14-21(15-32-11-9-25(29)19(3)4)27(7)26(30)16-33-22-12-23(13-22)35-17-34-20(5)6/h18-23H,8-17H2,1-7H3. The first kappa shape index (κ1) is 31.6. The van der Waals surface area contributed by atoms with Gasteiger partial charge in [-0.2, -0.15) is 0 Å². The Bertz CT molecular complexity index is 603. The van der Waals surface area contributed by atoms with Crippen molar-refractivity contribution in [2.45, 2.75) is 91.6 Å². The van der Waals surface area contributed by atoms with Gasteiger partial charge in [-0.25, -0.2) is 0 Å². The smallest absolute Gasteiger partial charge is 0.248 e. The minimum Gasteiger partial charge on any atom is -0.379 e. The van der Waals surface area contributed by atoms with Gasteiger partial charge >= 0.3 is 0 Å². The summed E-state index contributed by atoms with van der Waals surface area (Å²) in [7, 11) is 1.69. The number of likely N-dealkylation sites (N-methyl/N-ethyl adjacent to an activating group) is 1. The van der Waals surface area contributed by atoms with E-state index in [1.807, 2.05) is 41.5 Å². The summed E-state index contributed by atoms with van der Waals surface area (Å²) >= 11 is 0. The molecule has 9 nitrogen and oxygen atoms in total. The molecule has 1 fully saturated rings. The molecule has 0 aromatic heterocycles. The van der Waals surface area contributed by atoms with Crippen molar-refractivity contribution >= 4 is 17.5 Å². The molecule has 35 heavy (non-hydrogen) atoms. The lowest BCUT2D eigenvalue weighted by Gasteiger charge is -2.35. The zero-order chi connectivity index (χ0) is 26.4. The van der Waals surface area contributed by atoms with Crippen molar-refractivity contribution in [2.24, 2.45) is 11.8 Å². The van der Waals surface area contributed by atoms with E-state index in [-0.39, 0.29) is 80.3 Å². The molecule has 0 aromatic rings. The van der Waals surface area contributed by atoms with Gasteiger partial charge in [0, 0.05) is 44.6 Å². The third kappa shape index (κ3) is 13.5. The second-order valence-electron chi connectivity index (χ2n) is 10.1. The zero-order valence-electron chi connectivity index (χ0n) is 22.7. The number of hydrogen-bond donors (Lipinski definition) is 0. The lowest BCUT2D eigenvalue weighted by atomic mass is 9.92. The normalized spacial score (nSPS) is 17.9. The summed E-state index contributed by atoms with van der Waals surface area (Å²) in [4.78, 5) is 38.0. The minimum atomic E-state index is -0.347. The molecule has 1 amide bonds. The molecule has 1 saturated carbocycles. The average Bonchev–Trinajstić information content (AvgIpc) is 2.77. The van der Waals surface area contributed by atoms with Gasteiger partial charge in [-0.1, -0.05) is 27.7 Å². The van der Waals surface area contributed by atoms with Crippen LogP contribution in [0.15, 0.2) is 0 Å². The molecule has 1 aliphatic carbocycles. The molecule has 204 valence electrons. The fourth-order valence-corrected chi connectivity index (χ4v) is 3.19. The van der Waals surface area contributed by atoms with Crippen LogP contribution in [0, 0.1) is 11.8 Å². The fraction of sp³-hybridized carbons (Fsp3) is 0.885. The highest BCUT2D eigenvalue weighted by Gasteiger charge is 2.32. The predicted octanol–water partition coefficient (Wildman–Crippen LogP) is 3.02. The molecule has 0 spiro atoms. The van der Waals surface area contributed by atoms with E-state index in [2.05, 4.69) is 0 Å². The number of amides is 1. The first-order valence-corrected chi connectivity index (χ1v) is 12.8. The topological polar surface area (TPSA) is 101 Å². The van der Waals surface area contributed by atoms with Crippen molar-refractivity contribution in [1.82, 2.24) is 4.90 Å². The minimum absolute atomic E-state index is 0.00792. The van der Waals surface area contributed by atoms with Crippen LogP contribution in [0.2, 0.25) is 0 Å². The molecule has 0 unspecified atom stereocenters. The van der Waals surface area contributed by atoms with E-state index in [0.29, 0.717) is 26.1 Å². The Labute approximate surface area is 211 Å². The quantitative estimate of drug-likeness (QED) is 0.185. The van der Waals surface area contributed by atoms with Crippen LogP contribution in [-0.2, 0) is 38.1 Å². The Morgan fingerprint density at radius 1 is 0.800 bits per heavy atom. The molecule has 9 heteroatoms. The number of Topliss-reactive ketones (excluding diaryl/α,β-unsaturated/α-hetero) is 2. The SMILES string of the molecule is CC(C)OCOC1CC(OCC(=O)N(C)C(COCCC(=O)C(C)C)COCCC(=O)C(C)C)C1. The fourth-order valence-electron chi connectivity index (χ4n) is 3.19. The van der Waals surface area contributed by atoms with Crippen LogP contribution in [0.1, 0.15) is 67.2 Å². The molecule has 1 rings (SSSR count). The molecule has 0 atom stereocenters. The molecule has 0 aromatic carbocycles. The summed E-state index contributed by atoms with van der Waals surface area (Å²) in [5.41, 5.74) is 0. The van der Waals surface area contributed by atoms with E-state index < -0.39 is 0 Å². The van der Waals surface area contributed by atoms with Crippen LogP contribution in [-0.4, -0.2) is 93.6 Å². The van der Waals surface area contributed by atoms with Crippen LogP contribution in [0.5, 0.6) is 0 Å². The highest BCUT2D eigenvalue weighted by Crippen LogP contribution is 2.26. The number of carbonyl (C=O) groups is 3. The van der Waals surface area contributed by atoms with Crippen molar-refractivity contribution in [1.29, 1.82) is 0 Å². The second-order valence-corrected chi connectivity index (χ2v) is 10.1. The summed E-state index contributed by atoms with van der Waals surface area (Å²) in [6.07, 6.45) is 2.37. The zero-order valence-corrected chi connectivity index (χ0v) is 22.7. The number of ether oxygens (including phenoxy) is 5. The third-order valence-corrected chi connectivity index (χ3v) is 6.03. The van der Waals surface area contributed by atoms with Crippen LogP contribution >= 0.6 is 0 Å². The van der Waals surface area contributed by atoms with E-state index >= 15 is 0 Å². The monoisotopic (exact) mass is 501 g/mol. The van der Waals surface area contributed by atoms with Gasteiger partial charge in [-0.05, 0) is 13.8 Å². The highest BCUT2D eigenvalue weighted by molar-refractivity contribution is 5.80. The van der Waals surface area contributed by atoms with E-state index in [4.69, 9.17) is 23.7 Å². The van der Waals surface area contributed by atoms with Gasteiger partial charge in [0.1, 0.15) is 25.0 Å². The highest BCUT2D eigenvalue weighted by atomic mass is 16.7. The van der Waals surface area contributed by atoms with Gasteiger partial charge in [-0.15, -0.1) is 0 Å². The van der Waals surface area contributed by atoms with Gasteiger partial charge in [0.05, 0.1) is 50.8 Å². The lowest BCUT2D eigenvalue weighted by Crippen LogP contribution is -2.46. The first-order valence-electron chi connectivity index (χ1n) is 12.8. The molecule has 1 aliphatic rings. The molecular formula is C26H47NO8. The lowest BCUT2D eigenvalue weighted by molar-refractivity contribution is -0.170. The van der Waals surface area contributed by atoms with Crippen LogP contribution in [0.25, 0.3) is 0 Å². The van der Waals surface area contributed by atoms with Gasteiger partial charge < -0.3 is 28.6 Å². The van der Waals surface area contributed by atoms with E-state index in [1.54, 1.807) is 11.9 Å². The Balaban J connectivity index is 2.43. The summed E-state index contributed by atoms with van der Waals surface area (Å²) in [5.74, 6) is 0.0442. The molecule has 0 aliphatic heterocycles. The number of hydrogen-bond acceptors (Lipinski definition) is 8. The van der Waals surface area contributed by atoms with Crippen molar-refractivity contribution in [2.75, 3.05) is 46.9 Å². The van der Waals surface area contributed by atoms with Crippen LogP contribution in [0.4, 0.5) is 0 Å². The Morgan fingerprint density at radius 2 is 1.29 bits per heavy atom. The maximum Gasteiger partial charge on any atom is 0.248 e. The van der Waals surface area contributed by atoms with Crippen LogP contribution < -0.4 is 0 Å². The summed E-state index contributed by atoms with van der Waals surface area (Å²) in [6, 6.07) is -0.347. The van der Waals surface area contributed by atoms with Crippen molar-refractivity contribution in [3.63, 3.8) is 0 Å². The molecule has 0 bridgehead atoms. The average molecular weight is 502 g/mol. The van der Waals surface area contributed by atoms with Gasteiger partial charge in [0.2, 0.25) is 5.91 Å². The first-order chi connectivity index (χ1) is 16.5. The van der Waals surface area contributed by atoms with Gasteiger partial charge in [-0.3, -0.25) is 14.4 Å². The number of ketones is 2.